The molecule has 0 spiro atoms. The third-order valence-electron chi connectivity index (χ3n) is 4.51. The number of methoxy groups -OCH3 is 1. The smallest absolute Gasteiger partial charge is 0.337 e. The van der Waals surface area contributed by atoms with Gasteiger partial charge in [0.15, 0.2) is 10.8 Å². The Morgan fingerprint density at radius 1 is 1.59 bits per heavy atom. The fourth-order valence-electron chi connectivity index (χ4n) is 3.10. The van der Waals surface area contributed by atoms with Crippen LogP contribution in [0.15, 0.2) is 51.0 Å². The van der Waals surface area contributed by atoms with Crippen molar-refractivity contribution in [3.8, 4) is 0 Å². The Kier molecular flexibility index (Phi) is 4.63. The maximum absolute atomic E-state index is 12.2. The van der Waals surface area contributed by atoms with E-state index >= 15 is 0 Å². The molecule has 0 radical (unpaired) electrons. The number of fused-ring (bicyclic) bond motifs is 1. The lowest BCUT2D eigenvalue weighted by Gasteiger charge is -2.36. The molecule has 2 aliphatic rings. The molecule has 0 fully saturated rings. The number of aliphatic hydroxyl groups excluding tert-OH is 1. The summed E-state index contributed by atoms with van der Waals surface area (Å²) in [5.41, 5.74) is 2.07. The summed E-state index contributed by atoms with van der Waals surface area (Å²) >= 11 is 1.46. The van der Waals surface area contributed by atoms with Crippen molar-refractivity contribution in [2.45, 2.75) is 12.5 Å². The Bertz CT molecular complexity index is 931. The first-order valence-electron chi connectivity index (χ1n) is 8.23. The van der Waals surface area contributed by atoms with Gasteiger partial charge in [-0.15, -0.1) is 11.3 Å². The summed E-state index contributed by atoms with van der Waals surface area (Å²) in [5.74, 6) is 1.01. The lowest BCUT2D eigenvalue weighted by Crippen LogP contribution is -2.40. The number of aliphatic imine (C=N–C) groups is 1. The standard InChI is InChI=1S/C17H17N5O4S/c1-25-17(24)10-7-19-15(16-18-2-5-27-16)21-12(10)9-22(3-4-23)13-6-14-11(13)8-20-26-14/h2-5,8,13,23H,6-7,9H2,1H3,(H,19,21)/b4-3+. The van der Waals surface area contributed by atoms with Gasteiger partial charge < -0.3 is 24.6 Å². The minimum absolute atomic E-state index is 0.00465. The zero-order chi connectivity index (χ0) is 18.8. The number of ether oxygens (including phenoxy) is 1. The summed E-state index contributed by atoms with van der Waals surface area (Å²) in [4.78, 5) is 22.8. The van der Waals surface area contributed by atoms with Crippen molar-refractivity contribution in [3.63, 3.8) is 0 Å². The van der Waals surface area contributed by atoms with E-state index in [1.165, 1.54) is 18.4 Å². The highest BCUT2D eigenvalue weighted by Crippen LogP contribution is 2.38. The molecule has 0 bridgehead atoms. The van der Waals surface area contributed by atoms with Gasteiger partial charge in [-0.05, 0) is 0 Å². The Hall–Kier alpha value is -3.14. The number of nitrogens with zero attached hydrogens (tertiary/aromatic N) is 4. The Morgan fingerprint density at radius 3 is 3.19 bits per heavy atom. The average molecular weight is 387 g/mol. The second-order valence-corrected chi connectivity index (χ2v) is 6.87. The van der Waals surface area contributed by atoms with Gasteiger partial charge in [-0.25, -0.2) is 9.78 Å². The number of hydrogen-bond donors (Lipinski definition) is 2. The zero-order valence-corrected chi connectivity index (χ0v) is 15.3. The minimum atomic E-state index is -0.438. The molecule has 0 saturated carbocycles. The predicted molar refractivity (Wildman–Crippen MR) is 97.1 cm³/mol. The van der Waals surface area contributed by atoms with Gasteiger partial charge in [0.05, 0.1) is 44.3 Å². The first-order chi connectivity index (χ1) is 13.2. The quantitative estimate of drug-likeness (QED) is 0.567. The minimum Gasteiger partial charge on any atom is -0.514 e. The number of aliphatic hydroxyl groups is 1. The highest BCUT2D eigenvalue weighted by Gasteiger charge is 2.35. The molecule has 4 rings (SSSR count). The van der Waals surface area contributed by atoms with Crippen molar-refractivity contribution >= 4 is 23.1 Å². The number of esters is 1. The van der Waals surface area contributed by atoms with E-state index in [1.54, 1.807) is 18.6 Å². The van der Waals surface area contributed by atoms with Crippen LogP contribution in [0.25, 0.3) is 0 Å². The molecule has 0 amide bonds. The zero-order valence-electron chi connectivity index (χ0n) is 14.5. The van der Waals surface area contributed by atoms with Crippen molar-refractivity contribution in [3.05, 3.63) is 57.8 Å². The topological polar surface area (TPSA) is 113 Å². The summed E-state index contributed by atoms with van der Waals surface area (Å²) in [6.45, 7) is 0.547. The maximum Gasteiger partial charge on any atom is 0.337 e. The predicted octanol–water partition coefficient (Wildman–Crippen LogP) is 1.54. The normalized spacial score (nSPS) is 18.6. The second-order valence-electron chi connectivity index (χ2n) is 5.97. The number of aromatic nitrogens is 2. The van der Waals surface area contributed by atoms with Crippen molar-refractivity contribution < 1.29 is 19.2 Å². The van der Waals surface area contributed by atoms with Crippen LogP contribution < -0.4 is 5.32 Å². The van der Waals surface area contributed by atoms with Gasteiger partial charge in [-0.3, -0.25) is 4.99 Å². The number of nitrogens with one attached hydrogen (secondary N) is 1. The lowest BCUT2D eigenvalue weighted by atomic mass is 9.89. The molecule has 2 N–H and O–H groups in total. The summed E-state index contributed by atoms with van der Waals surface area (Å²) in [6.07, 6.45) is 6.59. The van der Waals surface area contributed by atoms with E-state index in [1.807, 2.05) is 10.3 Å². The molecule has 10 heteroatoms. The molecule has 0 saturated heterocycles. The fraction of sp³-hybridized carbons (Fsp3) is 0.294. The Balaban J connectivity index is 1.60. The van der Waals surface area contributed by atoms with Crippen LogP contribution in [0.1, 0.15) is 22.4 Å². The first-order valence-corrected chi connectivity index (χ1v) is 9.11. The van der Waals surface area contributed by atoms with Crippen LogP contribution in [-0.4, -0.2) is 52.2 Å². The molecular weight excluding hydrogens is 370 g/mol. The number of hydrogen-bond acceptors (Lipinski definition) is 10. The Labute approximate surface area is 158 Å². The molecule has 27 heavy (non-hydrogen) atoms. The van der Waals surface area contributed by atoms with Crippen LogP contribution in [-0.2, 0) is 16.0 Å². The van der Waals surface area contributed by atoms with E-state index in [2.05, 4.69) is 20.4 Å². The molecule has 1 aliphatic heterocycles. The number of rotatable bonds is 6. The molecule has 140 valence electrons. The molecule has 1 aliphatic carbocycles. The van der Waals surface area contributed by atoms with E-state index in [0.717, 1.165) is 22.6 Å². The summed E-state index contributed by atoms with van der Waals surface area (Å²) in [7, 11) is 1.34. The molecule has 0 aromatic carbocycles. The molecule has 9 nitrogen and oxygen atoms in total. The van der Waals surface area contributed by atoms with Gasteiger partial charge in [0.1, 0.15) is 5.76 Å². The SMILES string of the molecule is COC(=O)C1=C(CN(/C=C/O)C2Cc3oncc32)NC(c2nccs2)=NC1. The van der Waals surface area contributed by atoms with Crippen LogP contribution in [0.2, 0.25) is 0 Å². The average Bonchev–Trinajstić information content (AvgIpc) is 3.32. The van der Waals surface area contributed by atoms with Crippen LogP contribution >= 0.6 is 11.3 Å². The van der Waals surface area contributed by atoms with Crippen molar-refractivity contribution in [1.29, 1.82) is 0 Å². The van der Waals surface area contributed by atoms with Crippen LogP contribution in [0.5, 0.6) is 0 Å². The van der Waals surface area contributed by atoms with Crippen LogP contribution in [0.3, 0.4) is 0 Å². The largest absolute Gasteiger partial charge is 0.514 e. The van der Waals surface area contributed by atoms with E-state index in [9.17, 15) is 9.90 Å². The third kappa shape index (κ3) is 3.19. The van der Waals surface area contributed by atoms with E-state index in [-0.39, 0.29) is 12.6 Å². The number of thiazole rings is 1. The molecular formula is C17H17N5O4S. The molecule has 2 aromatic heterocycles. The van der Waals surface area contributed by atoms with E-state index in [4.69, 9.17) is 9.26 Å². The maximum atomic E-state index is 12.2. The fourth-order valence-corrected chi connectivity index (χ4v) is 3.70. The van der Waals surface area contributed by atoms with Crippen LogP contribution in [0.4, 0.5) is 0 Å². The second kappa shape index (κ2) is 7.23. The highest BCUT2D eigenvalue weighted by molar-refractivity contribution is 7.11. The van der Waals surface area contributed by atoms with Gasteiger partial charge in [-0.2, -0.15) is 0 Å². The number of carbonyl (C=O) groups excluding carboxylic acids is 1. The van der Waals surface area contributed by atoms with E-state index < -0.39 is 5.97 Å². The number of carbonyl (C=O) groups is 1. The van der Waals surface area contributed by atoms with Crippen LogP contribution in [0, 0.1) is 0 Å². The molecule has 3 heterocycles. The van der Waals surface area contributed by atoms with Gasteiger partial charge in [0, 0.05) is 35.5 Å². The van der Waals surface area contributed by atoms with Crippen molar-refractivity contribution in [1.82, 2.24) is 20.4 Å². The Morgan fingerprint density at radius 2 is 2.48 bits per heavy atom. The number of amidine groups is 1. The molecule has 1 atom stereocenters. The lowest BCUT2D eigenvalue weighted by molar-refractivity contribution is -0.136. The van der Waals surface area contributed by atoms with Gasteiger partial charge >= 0.3 is 5.97 Å². The molecule has 1 unspecified atom stereocenters. The van der Waals surface area contributed by atoms with Gasteiger partial charge in [-0.1, -0.05) is 5.16 Å². The monoisotopic (exact) mass is 387 g/mol. The summed E-state index contributed by atoms with van der Waals surface area (Å²) in [6, 6.07) is 0.00465. The van der Waals surface area contributed by atoms with Crippen molar-refractivity contribution in [2.75, 3.05) is 20.2 Å². The van der Waals surface area contributed by atoms with Gasteiger partial charge in [0.25, 0.3) is 0 Å². The van der Waals surface area contributed by atoms with Crippen molar-refractivity contribution in [2.24, 2.45) is 4.99 Å². The van der Waals surface area contributed by atoms with Gasteiger partial charge in [0.2, 0.25) is 0 Å². The molecule has 2 aromatic rings. The third-order valence-corrected chi connectivity index (χ3v) is 5.29. The summed E-state index contributed by atoms with van der Waals surface area (Å²) in [5, 5.41) is 19.0. The highest BCUT2D eigenvalue weighted by atomic mass is 32.1. The summed E-state index contributed by atoms with van der Waals surface area (Å²) < 4.78 is 10.1. The van der Waals surface area contributed by atoms with E-state index in [0.29, 0.717) is 30.1 Å². The first kappa shape index (κ1) is 17.3.